The Kier molecular flexibility index (Phi) is 4.78. The molecule has 0 bridgehead atoms. The smallest absolute Gasteiger partial charge is 0.269 e. The van der Waals surface area contributed by atoms with Crippen LogP contribution in [0, 0.1) is 6.92 Å². The van der Waals surface area contributed by atoms with Crippen LogP contribution in [-0.4, -0.2) is 20.5 Å². The molecule has 5 nitrogen and oxygen atoms in total. The van der Waals surface area contributed by atoms with Crippen LogP contribution in [0.15, 0.2) is 29.6 Å². The molecule has 0 saturated carbocycles. The number of amides is 1. The molecule has 2 aromatic heterocycles. The topological polar surface area (TPSA) is 67.8 Å². The van der Waals surface area contributed by atoms with Gasteiger partial charge in [0.05, 0.1) is 16.4 Å². The third-order valence-corrected chi connectivity index (χ3v) is 4.85. The van der Waals surface area contributed by atoms with Gasteiger partial charge in [0.25, 0.3) is 5.91 Å². The highest BCUT2D eigenvalue weighted by Crippen LogP contribution is 2.23. The van der Waals surface area contributed by atoms with E-state index in [2.05, 4.69) is 26.8 Å². The third kappa shape index (κ3) is 3.62. The van der Waals surface area contributed by atoms with Crippen molar-refractivity contribution in [3.8, 4) is 11.3 Å². The first-order valence-electron chi connectivity index (χ1n) is 7.32. The van der Waals surface area contributed by atoms with Crippen molar-refractivity contribution < 1.29 is 4.79 Å². The van der Waals surface area contributed by atoms with Crippen LogP contribution in [0.3, 0.4) is 0 Å². The molecule has 3 aromatic rings. The van der Waals surface area contributed by atoms with Crippen molar-refractivity contribution in [2.24, 2.45) is 0 Å². The van der Waals surface area contributed by atoms with E-state index in [1.807, 2.05) is 36.6 Å². The zero-order valence-corrected chi connectivity index (χ0v) is 14.5. The van der Waals surface area contributed by atoms with Gasteiger partial charge in [0.1, 0.15) is 4.88 Å². The van der Waals surface area contributed by atoms with E-state index in [1.165, 1.54) is 0 Å². The van der Waals surface area contributed by atoms with Gasteiger partial charge >= 0.3 is 0 Å². The molecule has 23 heavy (non-hydrogen) atoms. The summed E-state index contributed by atoms with van der Waals surface area (Å²) in [6.45, 7) is 4.04. The van der Waals surface area contributed by atoms with E-state index in [4.69, 9.17) is 0 Å². The molecule has 0 atom stereocenters. The fourth-order valence-electron chi connectivity index (χ4n) is 2.19. The lowest BCUT2D eigenvalue weighted by molar-refractivity contribution is 0.102. The fraction of sp³-hybridized carbons (Fsp3) is 0.250. The molecule has 2 heterocycles. The first-order valence-corrected chi connectivity index (χ1v) is 8.98. The van der Waals surface area contributed by atoms with Gasteiger partial charge in [0.15, 0.2) is 0 Å². The zero-order chi connectivity index (χ0) is 16.2. The predicted octanol–water partition coefficient (Wildman–Crippen LogP) is 4.17. The summed E-state index contributed by atoms with van der Waals surface area (Å²) < 4.78 is 3.88. The van der Waals surface area contributed by atoms with Crippen molar-refractivity contribution >= 4 is 34.5 Å². The predicted molar refractivity (Wildman–Crippen MR) is 94.1 cm³/mol. The van der Waals surface area contributed by atoms with Crippen LogP contribution in [0.1, 0.15) is 33.7 Å². The number of hydrogen-bond acceptors (Lipinski definition) is 6. The summed E-state index contributed by atoms with van der Waals surface area (Å²) in [5, 5.41) is 10.00. The van der Waals surface area contributed by atoms with Crippen LogP contribution in [-0.2, 0) is 6.42 Å². The quantitative estimate of drug-likeness (QED) is 0.754. The molecule has 0 spiro atoms. The van der Waals surface area contributed by atoms with Crippen LogP contribution in [0.4, 0.5) is 5.69 Å². The number of benzene rings is 1. The fourth-order valence-corrected chi connectivity index (χ4v) is 3.41. The lowest BCUT2D eigenvalue weighted by atomic mass is 10.1. The van der Waals surface area contributed by atoms with Gasteiger partial charge in [0.2, 0.25) is 0 Å². The van der Waals surface area contributed by atoms with Crippen LogP contribution < -0.4 is 5.32 Å². The van der Waals surface area contributed by atoms with Gasteiger partial charge in [-0.3, -0.25) is 4.79 Å². The number of thiazole rings is 1. The van der Waals surface area contributed by atoms with Gasteiger partial charge in [0, 0.05) is 16.6 Å². The number of rotatable bonds is 5. The Bertz CT molecular complexity index is 808. The van der Waals surface area contributed by atoms with Crippen molar-refractivity contribution in [2.75, 3.05) is 5.32 Å². The van der Waals surface area contributed by atoms with E-state index in [9.17, 15) is 4.79 Å². The minimum atomic E-state index is -0.152. The summed E-state index contributed by atoms with van der Waals surface area (Å²) in [5.74, 6) is -0.152. The lowest BCUT2D eigenvalue weighted by Crippen LogP contribution is -2.12. The summed E-state index contributed by atoms with van der Waals surface area (Å²) in [6.07, 6.45) is 1.70. The molecule has 1 N–H and O–H groups in total. The van der Waals surface area contributed by atoms with Crippen LogP contribution in [0.2, 0.25) is 0 Å². The molecule has 0 aliphatic carbocycles. The molecule has 118 valence electrons. The molecule has 0 fully saturated rings. The van der Waals surface area contributed by atoms with Crippen LogP contribution in [0.5, 0.6) is 0 Å². The number of carbonyl (C=O) groups is 1. The molecule has 0 radical (unpaired) electrons. The van der Waals surface area contributed by atoms with E-state index in [-0.39, 0.29) is 5.91 Å². The molecule has 1 aromatic carbocycles. The molecule has 0 saturated heterocycles. The highest BCUT2D eigenvalue weighted by Gasteiger charge is 2.15. The maximum Gasteiger partial charge on any atom is 0.269 e. The zero-order valence-electron chi connectivity index (χ0n) is 12.9. The summed E-state index contributed by atoms with van der Waals surface area (Å²) in [7, 11) is 0. The maximum absolute atomic E-state index is 12.3. The molecule has 0 unspecified atom stereocenters. The van der Waals surface area contributed by atoms with Gasteiger partial charge in [-0.25, -0.2) is 4.98 Å². The third-order valence-electron chi connectivity index (χ3n) is 3.31. The first-order chi connectivity index (χ1) is 11.2. The number of carbonyl (C=O) groups excluding carboxylic acids is 1. The van der Waals surface area contributed by atoms with Crippen molar-refractivity contribution in [3.63, 3.8) is 0 Å². The Morgan fingerprint density at radius 1 is 1.26 bits per heavy atom. The second-order valence-electron chi connectivity index (χ2n) is 5.08. The van der Waals surface area contributed by atoms with Crippen molar-refractivity contribution in [1.29, 1.82) is 0 Å². The van der Waals surface area contributed by atoms with E-state index < -0.39 is 0 Å². The largest absolute Gasteiger partial charge is 0.321 e. The van der Waals surface area contributed by atoms with Crippen molar-refractivity contribution in [2.45, 2.75) is 26.7 Å². The number of aromatic nitrogens is 3. The Hall–Kier alpha value is -2.12. The van der Waals surface area contributed by atoms with Crippen molar-refractivity contribution in [3.05, 3.63) is 45.2 Å². The normalized spacial score (nSPS) is 10.7. The van der Waals surface area contributed by atoms with Crippen LogP contribution >= 0.6 is 22.9 Å². The molecular weight excluding hydrogens is 328 g/mol. The Morgan fingerprint density at radius 2 is 2.04 bits per heavy atom. The van der Waals surface area contributed by atoms with Crippen molar-refractivity contribution in [1.82, 2.24) is 14.6 Å². The van der Waals surface area contributed by atoms with Gasteiger partial charge in [-0.05, 0) is 37.0 Å². The molecular formula is C16H16N4OS2. The Labute approximate surface area is 142 Å². The van der Waals surface area contributed by atoms with E-state index in [0.717, 1.165) is 52.0 Å². The number of nitrogens with one attached hydrogen (secondary N) is 1. The minimum absolute atomic E-state index is 0.152. The summed E-state index contributed by atoms with van der Waals surface area (Å²) >= 11 is 2.76. The second-order valence-corrected chi connectivity index (χ2v) is 6.90. The number of hydrogen-bond donors (Lipinski definition) is 1. The summed E-state index contributed by atoms with van der Waals surface area (Å²) in [4.78, 5) is 17.4. The Balaban J connectivity index is 1.73. The average Bonchev–Trinajstić information content (AvgIpc) is 3.17. The number of nitrogens with zero attached hydrogens (tertiary/aromatic N) is 3. The average molecular weight is 344 g/mol. The number of anilines is 1. The SMILES string of the molecule is CCCc1nnsc1C(=O)Nc1ccc(-c2csc(C)n2)cc1. The number of aryl methyl sites for hydroxylation is 2. The van der Waals surface area contributed by atoms with E-state index >= 15 is 0 Å². The van der Waals surface area contributed by atoms with Gasteiger partial charge in [-0.2, -0.15) is 0 Å². The van der Waals surface area contributed by atoms with E-state index in [1.54, 1.807) is 11.3 Å². The van der Waals surface area contributed by atoms with Gasteiger partial charge in [-0.15, -0.1) is 16.4 Å². The Morgan fingerprint density at radius 3 is 2.70 bits per heavy atom. The highest BCUT2D eigenvalue weighted by atomic mass is 32.1. The maximum atomic E-state index is 12.3. The molecule has 1 amide bonds. The van der Waals surface area contributed by atoms with Gasteiger partial charge in [-0.1, -0.05) is 30.0 Å². The van der Waals surface area contributed by atoms with E-state index in [0.29, 0.717) is 4.88 Å². The molecule has 0 aliphatic heterocycles. The molecule has 7 heteroatoms. The standard InChI is InChI=1S/C16H16N4OS2/c1-3-4-13-15(23-20-19-13)16(21)18-12-7-5-11(6-8-12)14-9-22-10(2)17-14/h5-9H,3-4H2,1-2H3,(H,18,21). The monoisotopic (exact) mass is 344 g/mol. The summed E-state index contributed by atoms with van der Waals surface area (Å²) in [5.41, 5.74) is 3.52. The minimum Gasteiger partial charge on any atom is -0.321 e. The van der Waals surface area contributed by atoms with Crippen LogP contribution in [0.25, 0.3) is 11.3 Å². The molecule has 3 rings (SSSR count). The first kappa shape index (κ1) is 15.8. The summed E-state index contributed by atoms with van der Waals surface area (Å²) in [6, 6.07) is 7.69. The molecule has 0 aliphatic rings. The lowest BCUT2D eigenvalue weighted by Gasteiger charge is -2.05. The second kappa shape index (κ2) is 6.97. The highest BCUT2D eigenvalue weighted by molar-refractivity contribution is 7.09. The van der Waals surface area contributed by atoms with Gasteiger partial charge < -0.3 is 5.32 Å².